The highest BCUT2D eigenvalue weighted by atomic mass is 16.5. The van der Waals surface area contributed by atoms with Crippen LogP contribution in [0.4, 0.5) is 0 Å². The summed E-state index contributed by atoms with van der Waals surface area (Å²) in [6.45, 7) is 8.76. The normalized spacial score (nSPS) is 15.7. The zero-order valence-corrected chi connectivity index (χ0v) is 17.1. The third-order valence-electron chi connectivity index (χ3n) is 5.26. The first-order valence-electron chi connectivity index (χ1n) is 10.1. The predicted octanol–water partition coefficient (Wildman–Crippen LogP) is 2.82. The van der Waals surface area contributed by atoms with Gasteiger partial charge in [-0.25, -0.2) is 4.98 Å². The molecule has 1 aromatic carbocycles. The number of aromatic amines is 1. The average Bonchev–Trinajstić information content (AvgIpc) is 3.23. The Labute approximate surface area is 167 Å². The molecule has 28 heavy (non-hydrogen) atoms. The third-order valence-corrected chi connectivity index (χ3v) is 5.26. The molecule has 3 rings (SSSR count). The Balaban J connectivity index is 1.55. The maximum Gasteiger partial charge on any atom is 0.291 e. The van der Waals surface area contributed by atoms with Crippen molar-refractivity contribution >= 4 is 5.91 Å². The molecule has 0 atom stereocenters. The average molecular weight is 386 g/mol. The topological polar surface area (TPSA) is 74.3 Å². The number of carbonyl (C=O) groups excluding carboxylic acids is 1. The van der Waals surface area contributed by atoms with Crippen molar-refractivity contribution in [1.29, 1.82) is 0 Å². The monoisotopic (exact) mass is 385 g/mol. The number of piperidine rings is 1. The fourth-order valence-electron chi connectivity index (χ4n) is 3.85. The fourth-order valence-corrected chi connectivity index (χ4v) is 3.85. The highest BCUT2D eigenvalue weighted by Crippen LogP contribution is 2.24. The largest absolute Gasteiger partial charge is 0.496 e. The molecule has 2 aromatic rings. The van der Waals surface area contributed by atoms with Gasteiger partial charge in [-0.3, -0.25) is 14.8 Å². The number of likely N-dealkylation sites (tertiary alicyclic amines) is 1. The van der Waals surface area contributed by atoms with Gasteiger partial charge in [-0.1, -0.05) is 32.0 Å². The van der Waals surface area contributed by atoms with E-state index >= 15 is 0 Å². The molecule has 0 saturated carbocycles. The van der Waals surface area contributed by atoms with E-state index in [-0.39, 0.29) is 5.91 Å². The fraction of sp³-hybridized carbons (Fsp3) is 0.571. The van der Waals surface area contributed by atoms with Gasteiger partial charge in [-0.05, 0) is 43.8 Å². The van der Waals surface area contributed by atoms with Gasteiger partial charge >= 0.3 is 0 Å². The van der Waals surface area contributed by atoms with Crippen LogP contribution in [0.1, 0.15) is 42.9 Å². The Kier molecular flexibility index (Phi) is 7.03. The molecule has 1 N–H and O–H groups in total. The molecule has 1 aliphatic rings. The number of para-hydroxylation sites is 1. The number of nitrogens with zero attached hydrogens (tertiary/aromatic N) is 4. The van der Waals surface area contributed by atoms with Gasteiger partial charge in [0.25, 0.3) is 5.91 Å². The molecule has 1 aliphatic heterocycles. The molecule has 1 aromatic heterocycles. The Morgan fingerprint density at radius 2 is 2.07 bits per heavy atom. The van der Waals surface area contributed by atoms with Crippen molar-refractivity contribution in [1.82, 2.24) is 25.0 Å². The summed E-state index contributed by atoms with van der Waals surface area (Å²) >= 11 is 0. The van der Waals surface area contributed by atoms with E-state index in [9.17, 15) is 4.79 Å². The Morgan fingerprint density at radius 3 is 2.71 bits per heavy atom. The van der Waals surface area contributed by atoms with E-state index in [0.717, 1.165) is 51.3 Å². The van der Waals surface area contributed by atoms with Gasteiger partial charge in [-0.2, -0.15) is 5.10 Å². The lowest BCUT2D eigenvalue weighted by Crippen LogP contribution is -2.42. The summed E-state index contributed by atoms with van der Waals surface area (Å²) in [5, 5.41) is 6.52. The van der Waals surface area contributed by atoms with Crippen LogP contribution in [-0.2, 0) is 6.54 Å². The smallest absolute Gasteiger partial charge is 0.291 e. The maximum atomic E-state index is 12.8. The van der Waals surface area contributed by atoms with Crippen LogP contribution in [0.5, 0.6) is 5.75 Å². The standard InChI is InChI=1S/C21H31N5O2/c1-16(2)12-26(21(27)20-22-15-23-24-20)13-17-8-10-25(11-9-17)14-18-6-4-5-7-19(18)28-3/h4-7,15-17H,8-14H2,1-3H3,(H,22,23,24). The number of carbonyl (C=O) groups is 1. The number of amides is 1. The highest BCUT2D eigenvalue weighted by Gasteiger charge is 2.26. The van der Waals surface area contributed by atoms with Gasteiger partial charge in [0.1, 0.15) is 12.1 Å². The molecule has 0 aliphatic carbocycles. The first kappa shape index (κ1) is 20.3. The van der Waals surface area contributed by atoms with Gasteiger partial charge in [0, 0.05) is 25.2 Å². The summed E-state index contributed by atoms with van der Waals surface area (Å²) < 4.78 is 5.47. The molecule has 0 spiro atoms. The number of H-pyrrole nitrogens is 1. The van der Waals surface area contributed by atoms with Crippen LogP contribution in [0.3, 0.4) is 0 Å². The number of rotatable bonds is 8. The molecule has 7 heteroatoms. The summed E-state index contributed by atoms with van der Waals surface area (Å²) in [4.78, 5) is 21.2. The van der Waals surface area contributed by atoms with Crippen LogP contribution in [0.15, 0.2) is 30.6 Å². The first-order chi connectivity index (χ1) is 13.6. The van der Waals surface area contributed by atoms with E-state index in [4.69, 9.17) is 4.74 Å². The van der Waals surface area contributed by atoms with Crippen LogP contribution in [0.25, 0.3) is 0 Å². The number of nitrogens with one attached hydrogen (secondary N) is 1. The van der Waals surface area contributed by atoms with Crippen molar-refractivity contribution in [2.75, 3.05) is 33.3 Å². The molecule has 7 nitrogen and oxygen atoms in total. The number of aromatic nitrogens is 3. The van der Waals surface area contributed by atoms with Crippen LogP contribution < -0.4 is 4.74 Å². The number of benzene rings is 1. The van der Waals surface area contributed by atoms with Crippen molar-refractivity contribution in [2.24, 2.45) is 11.8 Å². The Bertz CT molecular complexity index is 739. The molecular weight excluding hydrogens is 354 g/mol. The van der Waals surface area contributed by atoms with E-state index in [0.29, 0.717) is 17.7 Å². The Hall–Kier alpha value is -2.41. The van der Waals surface area contributed by atoms with Gasteiger partial charge in [-0.15, -0.1) is 0 Å². The van der Waals surface area contributed by atoms with E-state index < -0.39 is 0 Å². The molecule has 0 bridgehead atoms. The molecule has 1 amide bonds. The molecule has 1 saturated heterocycles. The van der Waals surface area contributed by atoms with Crippen molar-refractivity contribution < 1.29 is 9.53 Å². The van der Waals surface area contributed by atoms with Crippen LogP contribution in [0, 0.1) is 11.8 Å². The molecular formula is C21H31N5O2. The molecule has 0 radical (unpaired) electrons. The third kappa shape index (κ3) is 5.32. The van der Waals surface area contributed by atoms with E-state index in [2.05, 4.69) is 46.1 Å². The zero-order chi connectivity index (χ0) is 19.9. The summed E-state index contributed by atoms with van der Waals surface area (Å²) in [5.41, 5.74) is 1.23. The van der Waals surface area contributed by atoms with Crippen molar-refractivity contribution in [3.63, 3.8) is 0 Å². The molecule has 152 valence electrons. The number of hydrogen-bond acceptors (Lipinski definition) is 5. The number of ether oxygens (including phenoxy) is 1. The van der Waals surface area contributed by atoms with Crippen LogP contribution in [0.2, 0.25) is 0 Å². The maximum absolute atomic E-state index is 12.8. The summed E-state index contributed by atoms with van der Waals surface area (Å²) in [6.07, 6.45) is 3.57. The van der Waals surface area contributed by atoms with E-state index in [1.807, 2.05) is 17.0 Å². The van der Waals surface area contributed by atoms with Crippen molar-refractivity contribution in [3.8, 4) is 5.75 Å². The SMILES string of the molecule is COc1ccccc1CN1CCC(CN(CC(C)C)C(=O)c2ncn[nH]2)CC1. The van der Waals surface area contributed by atoms with E-state index in [1.165, 1.54) is 11.9 Å². The predicted molar refractivity (Wildman–Crippen MR) is 108 cm³/mol. The lowest BCUT2D eigenvalue weighted by atomic mass is 9.95. The zero-order valence-electron chi connectivity index (χ0n) is 17.1. The van der Waals surface area contributed by atoms with E-state index in [1.54, 1.807) is 7.11 Å². The van der Waals surface area contributed by atoms with Gasteiger partial charge in [0.15, 0.2) is 0 Å². The lowest BCUT2D eigenvalue weighted by molar-refractivity contribution is 0.0651. The van der Waals surface area contributed by atoms with Crippen LogP contribution in [-0.4, -0.2) is 64.2 Å². The quantitative estimate of drug-likeness (QED) is 0.756. The lowest BCUT2D eigenvalue weighted by Gasteiger charge is -2.35. The minimum atomic E-state index is -0.0531. The minimum absolute atomic E-state index is 0.0531. The molecule has 1 fully saturated rings. The molecule has 0 unspecified atom stereocenters. The summed E-state index contributed by atoms with van der Waals surface area (Å²) in [5.74, 6) is 2.15. The summed E-state index contributed by atoms with van der Waals surface area (Å²) in [7, 11) is 1.72. The highest BCUT2D eigenvalue weighted by molar-refractivity contribution is 5.90. The number of methoxy groups -OCH3 is 1. The molecule has 2 heterocycles. The minimum Gasteiger partial charge on any atom is -0.496 e. The Morgan fingerprint density at radius 1 is 1.32 bits per heavy atom. The van der Waals surface area contributed by atoms with Gasteiger partial charge in [0.2, 0.25) is 5.82 Å². The second-order valence-corrected chi connectivity index (χ2v) is 7.97. The van der Waals surface area contributed by atoms with Crippen molar-refractivity contribution in [2.45, 2.75) is 33.2 Å². The van der Waals surface area contributed by atoms with Gasteiger partial charge < -0.3 is 9.64 Å². The number of hydrogen-bond donors (Lipinski definition) is 1. The first-order valence-corrected chi connectivity index (χ1v) is 10.1. The van der Waals surface area contributed by atoms with Gasteiger partial charge in [0.05, 0.1) is 7.11 Å². The van der Waals surface area contributed by atoms with Crippen LogP contribution >= 0.6 is 0 Å². The summed E-state index contributed by atoms with van der Waals surface area (Å²) in [6, 6.07) is 8.21. The van der Waals surface area contributed by atoms with Crippen molar-refractivity contribution in [3.05, 3.63) is 42.0 Å². The second kappa shape index (κ2) is 9.68. The second-order valence-electron chi connectivity index (χ2n) is 7.97.